The SMILES string of the molecule is CCCCCCCCCCCCCCCCCC(=NO)c1ccc(Cl)cc1. The van der Waals surface area contributed by atoms with E-state index in [1.54, 1.807) is 0 Å². The average Bonchev–Trinajstić information content (AvgIpc) is 2.69. The highest BCUT2D eigenvalue weighted by molar-refractivity contribution is 6.30. The zero-order valence-electron chi connectivity index (χ0n) is 17.4. The minimum atomic E-state index is 0.711. The highest BCUT2D eigenvalue weighted by Gasteiger charge is 2.04. The first-order valence-corrected chi connectivity index (χ1v) is 11.6. The maximum atomic E-state index is 9.22. The van der Waals surface area contributed by atoms with E-state index in [1.807, 2.05) is 24.3 Å². The second-order valence-corrected chi connectivity index (χ2v) is 8.19. The first-order valence-electron chi connectivity index (χ1n) is 11.2. The van der Waals surface area contributed by atoms with Crippen LogP contribution in [0.3, 0.4) is 0 Å². The van der Waals surface area contributed by atoms with E-state index in [1.165, 1.54) is 89.9 Å². The van der Waals surface area contributed by atoms with Gasteiger partial charge in [0.2, 0.25) is 0 Å². The number of unbranched alkanes of at least 4 members (excludes halogenated alkanes) is 14. The van der Waals surface area contributed by atoms with Crippen molar-refractivity contribution in [2.24, 2.45) is 5.16 Å². The monoisotopic (exact) mass is 393 g/mol. The predicted octanol–water partition coefficient (Wildman–Crippen LogP) is 8.78. The molecule has 0 aliphatic rings. The van der Waals surface area contributed by atoms with Gasteiger partial charge >= 0.3 is 0 Å². The second-order valence-electron chi connectivity index (χ2n) is 7.75. The molecule has 0 aromatic heterocycles. The zero-order chi connectivity index (χ0) is 19.6. The van der Waals surface area contributed by atoms with E-state index in [4.69, 9.17) is 11.6 Å². The van der Waals surface area contributed by atoms with E-state index in [0.29, 0.717) is 5.02 Å². The van der Waals surface area contributed by atoms with Crippen molar-refractivity contribution in [1.82, 2.24) is 0 Å². The number of hydrogen-bond donors (Lipinski definition) is 1. The molecule has 0 aliphatic heterocycles. The fourth-order valence-corrected chi connectivity index (χ4v) is 3.68. The summed E-state index contributed by atoms with van der Waals surface area (Å²) in [6, 6.07) is 7.52. The van der Waals surface area contributed by atoms with Crippen LogP contribution in [0.1, 0.15) is 115 Å². The van der Waals surface area contributed by atoms with Gasteiger partial charge in [-0.15, -0.1) is 0 Å². The van der Waals surface area contributed by atoms with Gasteiger partial charge in [0.25, 0.3) is 0 Å². The van der Waals surface area contributed by atoms with E-state index in [-0.39, 0.29) is 0 Å². The average molecular weight is 394 g/mol. The highest BCUT2D eigenvalue weighted by Crippen LogP contribution is 2.16. The Bertz CT molecular complexity index is 484. The van der Waals surface area contributed by atoms with Crippen molar-refractivity contribution < 1.29 is 5.21 Å². The number of halogens is 1. The lowest BCUT2D eigenvalue weighted by Gasteiger charge is -2.05. The first kappa shape index (κ1) is 24.0. The molecule has 1 aromatic carbocycles. The molecule has 0 aliphatic carbocycles. The van der Waals surface area contributed by atoms with Gasteiger partial charge in [-0.05, 0) is 30.5 Å². The van der Waals surface area contributed by atoms with Crippen LogP contribution in [-0.4, -0.2) is 10.9 Å². The molecule has 154 valence electrons. The van der Waals surface area contributed by atoms with E-state index in [9.17, 15) is 5.21 Å². The molecular weight excluding hydrogens is 354 g/mol. The molecular formula is C24H40ClNO. The summed E-state index contributed by atoms with van der Waals surface area (Å²) in [7, 11) is 0. The third-order valence-electron chi connectivity index (χ3n) is 5.32. The Balaban J connectivity index is 1.89. The Labute approximate surface area is 172 Å². The topological polar surface area (TPSA) is 32.6 Å². The molecule has 1 aromatic rings. The Morgan fingerprint density at radius 3 is 1.52 bits per heavy atom. The molecule has 0 saturated heterocycles. The van der Waals surface area contributed by atoms with Crippen LogP contribution < -0.4 is 0 Å². The molecule has 0 fully saturated rings. The second kappa shape index (κ2) is 17.1. The maximum Gasteiger partial charge on any atom is 0.0867 e. The molecule has 0 radical (unpaired) electrons. The molecule has 1 N–H and O–H groups in total. The van der Waals surface area contributed by atoms with Crippen LogP contribution >= 0.6 is 11.6 Å². The molecule has 0 atom stereocenters. The molecule has 3 heteroatoms. The van der Waals surface area contributed by atoms with Crippen LogP contribution in [0, 0.1) is 0 Å². The quantitative estimate of drug-likeness (QED) is 0.122. The lowest BCUT2D eigenvalue weighted by Crippen LogP contribution is -2.00. The van der Waals surface area contributed by atoms with Crippen molar-refractivity contribution in [1.29, 1.82) is 0 Å². The number of oxime groups is 1. The third kappa shape index (κ3) is 12.9. The Hall–Kier alpha value is -1.02. The largest absolute Gasteiger partial charge is 0.411 e. The van der Waals surface area contributed by atoms with Crippen molar-refractivity contribution in [3.63, 3.8) is 0 Å². The summed E-state index contributed by atoms with van der Waals surface area (Å²) in [5, 5.41) is 13.4. The van der Waals surface area contributed by atoms with Crippen molar-refractivity contribution >= 4 is 17.3 Å². The van der Waals surface area contributed by atoms with Gasteiger partial charge in [-0.25, -0.2) is 0 Å². The molecule has 0 bridgehead atoms. The summed E-state index contributed by atoms with van der Waals surface area (Å²) in [4.78, 5) is 0. The molecule has 0 unspecified atom stereocenters. The molecule has 0 saturated carbocycles. The number of benzene rings is 1. The van der Waals surface area contributed by atoms with E-state index >= 15 is 0 Å². The van der Waals surface area contributed by atoms with Crippen LogP contribution in [0.2, 0.25) is 5.02 Å². The van der Waals surface area contributed by atoms with Crippen LogP contribution in [-0.2, 0) is 0 Å². The predicted molar refractivity (Wildman–Crippen MR) is 119 cm³/mol. The van der Waals surface area contributed by atoms with Crippen molar-refractivity contribution in [3.8, 4) is 0 Å². The smallest absolute Gasteiger partial charge is 0.0867 e. The highest BCUT2D eigenvalue weighted by atomic mass is 35.5. The van der Waals surface area contributed by atoms with E-state index in [2.05, 4.69) is 12.1 Å². The minimum Gasteiger partial charge on any atom is -0.411 e. The van der Waals surface area contributed by atoms with Crippen molar-refractivity contribution in [3.05, 3.63) is 34.9 Å². The van der Waals surface area contributed by atoms with Crippen molar-refractivity contribution in [2.75, 3.05) is 0 Å². The Kier molecular flexibility index (Phi) is 15.2. The van der Waals surface area contributed by atoms with Crippen molar-refractivity contribution in [2.45, 2.75) is 110 Å². The number of hydrogen-bond acceptors (Lipinski definition) is 2. The van der Waals surface area contributed by atoms with Gasteiger partial charge < -0.3 is 5.21 Å². The Morgan fingerprint density at radius 1 is 0.704 bits per heavy atom. The summed E-state index contributed by atoms with van der Waals surface area (Å²) in [5.41, 5.74) is 1.73. The van der Waals surface area contributed by atoms with Crippen LogP contribution in [0.4, 0.5) is 0 Å². The minimum absolute atomic E-state index is 0.711. The third-order valence-corrected chi connectivity index (χ3v) is 5.57. The van der Waals surface area contributed by atoms with Gasteiger partial charge in [0.15, 0.2) is 0 Å². The first-order chi connectivity index (χ1) is 13.3. The molecule has 2 nitrogen and oxygen atoms in total. The lowest BCUT2D eigenvalue weighted by molar-refractivity contribution is 0.317. The Morgan fingerprint density at radius 2 is 1.11 bits per heavy atom. The van der Waals surface area contributed by atoms with Gasteiger partial charge in [0.05, 0.1) is 5.71 Å². The van der Waals surface area contributed by atoms with Gasteiger partial charge in [-0.3, -0.25) is 0 Å². The summed E-state index contributed by atoms with van der Waals surface area (Å²) in [6.07, 6.45) is 21.3. The molecule has 27 heavy (non-hydrogen) atoms. The summed E-state index contributed by atoms with van der Waals surface area (Å²) >= 11 is 5.90. The van der Waals surface area contributed by atoms with Gasteiger partial charge in [-0.2, -0.15) is 0 Å². The fourth-order valence-electron chi connectivity index (χ4n) is 3.56. The summed E-state index contributed by atoms with van der Waals surface area (Å²) < 4.78 is 0. The molecule has 1 rings (SSSR count). The summed E-state index contributed by atoms with van der Waals surface area (Å²) in [6.45, 7) is 2.28. The van der Waals surface area contributed by atoms with Crippen LogP contribution in [0.5, 0.6) is 0 Å². The standard InChI is InChI=1S/C24H40ClNO/c1-2-3-4-5-6-7-8-9-10-11-12-13-14-15-16-17-24(26-27)22-18-20-23(25)21-19-22/h18-21,27H,2-17H2,1H3. The van der Waals surface area contributed by atoms with Crippen LogP contribution in [0.25, 0.3) is 0 Å². The van der Waals surface area contributed by atoms with Crippen LogP contribution in [0.15, 0.2) is 29.4 Å². The molecule has 0 amide bonds. The number of nitrogens with zero attached hydrogens (tertiary/aromatic N) is 1. The van der Waals surface area contributed by atoms with E-state index < -0.39 is 0 Å². The van der Waals surface area contributed by atoms with E-state index in [0.717, 1.165) is 24.1 Å². The maximum absolute atomic E-state index is 9.22. The molecule has 0 heterocycles. The zero-order valence-corrected chi connectivity index (χ0v) is 18.2. The molecule has 0 spiro atoms. The fraction of sp³-hybridized carbons (Fsp3) is 0.708. The van der Waals surface area contributed by atoms with Gasteiger partial charge in [0, 0.05) is 5.02 Å². The number of rotatable bonds is 17. The lowest BCUT2D eigenvalue weighted by atomic mass is 10.0. The van der Waals surface area contributed by atoms with Gasteiger partial charge in [-0.1, -0.05) is 126 Å². The van der Waals surface area contributed by atoms with Gasteiger partial charge in [0.1, 0.15) is 0 Å². The normalized spacial score (nSPS) is 11.9. The summed E-state index contributed by atoms with van der Waals surface area (Å²) in [5.74, 6) is 0.